The van der Waals surface area contributed by atoms with Crippen LogP contribution in [0.5, 0.6) is 0 Å². The zero-order valence-electron chi connectivity index (χ0n) is 26.3. The van der Waals surface area contributed by atoms with Gasteiger partial charge in [0.1, 0.15) is 0 Å². The molecule has 0 aromatic rings. The molecule has 3 atom stereocenters. The van der Waals surface area contributed by atoms with Crippen LogP contribution in [-0.4, -0.2) is 43.3 Å². The van der Waals surface area contributed by atoms with E-state index in [1.54, 1.807) is 0 Å². The van der Waals surface area contributed by atoms with E-state index in [1.165, 1.54) is 5.57 Å². The van der Waals surface area contributed by atoms with Crippen LogP contribution >= 0.6 is 22.6 Å². The molecule has 0 aliphatic rings. The van der Waals surface area contributed by atoms with Crippen LogP contribution in [0.15, 0.2) is 21.8 Å². The Balaban J connectivity index is 6.51. The highest BCUT2D eigenvalue weighted by Gasteiger charge is 2.45. The van der Waals surface area contributed by atoms with Gasteiger partial charge in [-0.2, -0.15) is 0 Å². The van der Waals surface area contributed by atoms with E-state index in [-0.39, 0.29) is 33.4 Å². The van der Waals surface area contributed by atoms with E-state index in [4.69, 9.17) is 13.3 Å². The summed E-state index contributed by atoms with van der Waals surface area (Å²) >= 11 is 2.29. The van der Waals surface area contributed by atoms with Crippen LogP contribution in [0.4, 0.5) is 0 Å². The predicted molar refractivity (Wildman–Crippen MR) is 173 cm³/mol. The minimum Gasteiger partial charge on any atom is -0.414 e. The van der Waals surface area contributed by atoms with Gasteiger partial charge in [-0.25, -0.2) is 0 Å². The summed E-state index contributed by atoms with van der Waals surface area (Å²) < 4.78 is 23.2. The van der Waals surface area contributed by atoms with Crippen LogP contribution < -0.4 is 0 Å². The van der Waals surface area contributed by atoms with Crippen molar-refractivity contribution < 1.29 is 13.3 Å². The molecule has 0 fully saturated rings. The van der Waals surface area contributed by atoms with Crippen molar-refractivity contribution >= 4 is 47.5 Å². The highest BCUT2D eigenvalue weighted by molar-refractivity contribution is 14.1. The summed E-state index contributed by atoms with van der Waals surface area (Å²) in [6.07, 6.45) is 5.22. The number of allylic oxidation sites excluding steroid dienone is 2. The maximum absolute atomic E-state index is 7.17. The van der Waals surface area contributed by atoms with Crippen molar-refractivity contribution in [1.82, 2.24) is 0 Å². The molecule has 35 heavy (non-hydrogen) atoms. The third kappa shape index (κ3) is 11.2. The Labute approximate surface area is 236 Å². The van der Waals surface area contributed by atoms with Crippen molar-refractivity contribution in [3.8, 4) is 0 Å². The second-order valence-corrected chi connectivity index (χ2v) is 29.9. The van der Waals surface area contributed by atoms with Gasteiger partial charge in [0.15, 0.2) is 25.0 Å². The number of hydrogen-bond acceptors (Lipinski definition) is 3. The van der Waals surface area contributed by atoms with E-state index in [9.17, 15) is 0 Å². The average Bonchev–Trinajstić information content (AvgIpc) is 2.56. The van der Waals surface area contributed by atoms with E-state index in [0.717, 1.165) is 6.42 Å². The second kappa shape index (κ2) is 12.7. The van der Waals surface area contributed by atoms with Gasteiger partial charge in [0, 0.05) is 6.10 Å². The highest BCUT2D eigenvalue weighted by atomic mass is 127. The van der Waals surface area contributed by atoms with Crippen molar-refractivity contribution in [1.29, 1.82) is 0 Å². The van der Waals surface area contributed by atoms with Crippen molar-refractivity contribution in [3.05, 3.63) is 21.8 Å². The maximum Gasteiger partial charge on any atom is 0.193 e. The second-order valence-electron chi connectivity index (χ2n) is 14.9. The zero-order valence-corrected chi connectivity index (χ0v) is 31.4. The third-order valence-corrected chi connectivity index (χ3v) is 22.4. The predicted octanol–water partition coefficient (Wildman–Crippen LogP) is 10.5. The van der Waals surface area contributed by atoms with Gasteiger partial charge in [-0.1, -0.05) is 103 Å². The fraction of sp³-hybridized carbons (Fsp3) is 0.857. The van der Waals surface area contributed by atoms with E-state index in [0.29, 0.717) is 0 Å². The first kappa shape index (κ1) is 35.7. The highest BCUT2D eigenvalue weighted by Crippen LogP contribution is 2.42. The minimum absolute atomic E-state index is 0.0534. The van der Waals surface area contributed by atoms with Gasteiger partial charge in [0.2, 0.25) is 0 Å². The first-order valence-corrected chi connectivity index (χ1v) is 23.2. The van der Waals surface area contributed by atoms with Crippen LogP contribution in [0.2, 0.25) is 54.4 Å². The number of halogens is 1. The molecule has 208 valence electrons. The number of rotatable bonds is 11. The van der Waals surface area contributed by atoms with Crippen LogP contribution in [0.1, 0.15) is 82.6 Å². The molecule has 0 spiro atoms. The normalized spacial score (nSPS) is 18.2. The molecule has 0 unspecified atom stereocenters. The van der Waals surface area contributed by atoms with Gasteiger partial charge < -0.3 is 13.3 Å². The molecule has 0 heterocycles. The average molecular weight is 655 g/mol. The standard InChI is InChI=1S/C28H59IO3Si3/c1-22(18-19-29)20-24(31-34(14,15)27(6,7)8)25(32-35(16,17)28(9,10)11)21-23(2)30-33(12,13)26(3,4)5/h18-20,23-25H,21H2,1-17H3/b19-18+,22-20+/t23-,24-,25-/m1/s1. The van der Waals surface area contributed by atoms with Crippen LogP contribution in [0.25, 0.3) is 0 Å². The summed E-state index contributed by atoms with van der Waals surface area (Å²) in [6.45, 7) is 39.3. The van der Waals surface area contributed by atoms with Gasteiger partial charge in [-0.3, -0.25) is 0 Å². The van der Waals surface area contributed by atoms with E-state index in [1.807, 2.05) is 0 Å². The minimum atomic E-state index is -2.04. The summed E-state index contributed by atoms with van der Waals surface area (Å²) in [5.74, 6) is 0. The lowest BCUT2D eigenvalue weighted by Crippen LogP contribution is -2.52. The van der Waals surface area contributed by atoms with Crippen molar-refractivity contribution in [2.45, 2.75) is 155 Å². The fourth-order valence-corrected chi connectivity index (χ4v) is 7.63. The Morgan fingerprint density at radius 3 is 1.46 bits per heavy atom. The molecule has 0 aromatic heterocycles. The first-order valence-electron chi connectivity index (χ1n) is 13.3. The third-order valence-electron chi connectivity index (χ3n) is 8.47. The van der Waals surface area contributed by atoms with E-state index in [2.05, 4.69) is 154 Å². The Kier molecular flexibility index (Phi) is 13.0. The van der Waals surface area contributed by atoms with Crippen LogP contribution in [0.3, 0.4) is 0 Å². The van der Waals surface area contributed by atoms with Crippen LogP contribution in [0, 0.1) is 0 Å². The smallest absolute Gasteiger partial charge is 0.193 e. The molecule has 0 aliphatic heterocycles. The Hall–Kier alpha value is 0.741. The summed E-state index contributed by atoms with van der Waals surface area (Å²) in [5.41, 5.74) is 1.21. The summed E-state index contributed by atoms with van der Waals surface area (Å²) in [7, 11) is -5.97. The molecule has 0 aromatic carbocycles. The van der Waals surface area contributed by atoms with Crippen molar-refractivity contribution in [2.75, 3.05) is 0 Å². The summed E-state index contributed by atoms with van der Waals surface area (Å²) in [4.78, 5) is 0. The molecule has 0 bridgehead atoms. The van der Waals surface area contributed by atoms with Crippen LogP contribution in [-0.2, 0) is 13.3 Å². The molecule has 0 N–H and O–H groups in total. The molecule has 0 saturated heterocycles. The Morgan fingerprint density at radius 1 is 0.714 bits per heavy atom. The SMILES string of the molecule is CC(/C=C/I)=C\[C@@H](O[Si](C)(C)C(C)(C)C)[C@@H](C[C@@H](C)O[Si](C)(C)C(C)(C)C)O[Si](C)(C)C(C)(C)C. The van der Waals surface area contributed by atoms with Gasteiger partial charge >= 0.3 is 0 Å². The topological polar surface area (TPSA) is 27.7 Å². The lowest BCUT2D eigenvalue weighted by Gasteiger charge is -2.46. The maximum atomic E-state index is 7.17. The monoisotopic (exact) mass is 654 g/mol. The fourth-order valence-electron chi connectivity index (χ4n) is 3.01. The summed E-state index contributed by atoms with van der Waals surface area (Å²) in [6, 6.07) is 0. The molecule has 0 amide bonds. The zero-order chi connectivity index (χ0) is 28.3. The lowest BCUT2D eigenvalue weighted by molar-refractivity contribution is 0.0294. The van der Waals surface area contributed by atoms with Gasteiger partial charge in [-0.15, -0.1) is 0 Å². The quantitative estimate of drug-likeness (QED) is 0.126. The Morgan fingerprint density at radius 2 is 1.09 bits per heavy atom. The first-order chi connectivity index (χ1) is 15.3. The molecule has 0 saturated carbocycles. The molecule has 3 nitrogen and oxygen atoms in total. The molecule has 0 aliphatic carbocycles. The van der Waals surface area contributed by atoms with Gasteiger partial charge in [0.05, 0.1) is 12.2 Å². The lowest BCUT2D eigenvalue weighted by atomic mass is 10.1. The van der Waals surface area contributed by atoms with Gasteiger partial charge in [0.25, 0.3) is 0 Å². The van der Waals surface area contributed by atoms with Crippen molar-refractivity contribution in [2.24, 2.45) is 0 Å². The van der Waals surface area contributed by atoms with Crippen molar-refractivity contribution in [3.63, 3.8) is 0 Å². The molecule has 0 rings (SSSR count). The Bertz CT molecular complexity index is 723. The number of hydrogen-bond donors (Lipinski definition) is 0. The molecular formula is C28H59IO3Si3. The molecule has 7 heteroatoms. The van der Waals surface area contributed by atoms with Gasteiger partial charge in [-0.05, 0) is 78.7 Å². The van der Waals surface area contributed by atoms with E-state index >= 15 is 0 Å². The summed E-state index contributed by atoms with van der Waals surface area (Å²) in [5, 5.41) is 0.420. The molecule has 0 radical (unpaired) electrons. The largest absolute Gasteiger partial charge is 0.414 e. The molecular weight excluding hydrogens is 595 g/mol. The van der Waals surface area contributed by atoms with E-state index < -0.39 is 25.0 Å².